The Bertz CT molecular complexity index is 186. The molecule has 0 radical (unpaired) electrons. The van der Waals surface area contributed by atoms with Crippen molar-refractivity contribution in [1.29, 1.82) is 0 Å². The van der Waals surface area contributed by atoms with Crippen LogP contribution in [0.1, 0.15) is 13.8 Å². The van der Waals surface area contributed by atoms with E-state index in [-0.39, 0.29) is 0 Å². The standard InChI is InChI=1S/C9H17N2/c1-6-11(5)9(7-10-4)8(2)3/h6,10H,1,5,7H2,2-4H3/q+1. The average molecular weight is 153 g/mol. The van der Waals surface area contributed by atoms with Gasteiger partial charge >= 0.3 is 0 Å². The molecule has 0 aromatic rings. The second-order valence-electron chi connectivity index (χ2n) is 2.63. The maximum Gasteiger partial charge on any atom is 0.198 e. The summed E-state index contributed by atoms with van der Waals surface area (Å²) in [7, 11) is 1.92. The van der Waals surface area contributed by atoms with Crippen molar-refractivity contribution in [3.8, 4) is 0 Å². The van der Waals surface area contributed by atoms with Crippen LogP contribution in [0.5, 0.6) is 0 Å². The second-order valence-corrected chi connectivity index (χ2v) is 2.63. The van der Waals surface area contributed by atoms with Gasteiger partial charge in [-0.15, -0.1) is 0 Å². The molecule has 0 bridgehead atoms. The second kappa shape index (κ2) is 4.85. The van der Waals surface area contributed by atoms with E-state index >= 15 is 0 Å². The van der Waals surface area contributed by atoms with Gasteiger partial charge in [0.25, 0.3) is 0 Å². The molecule has 0 fully saturated rings. The molecule has 0 aliphatic rings. The molecule has 0 heterocycles. The molecule has 2 nitrogen and oxygen atoms in total. The highest BCUT2D eigenvalue weighted by Gasteiger charge is 2.07. The summed E-state index contributed by atoms with van der Waals surface area (Å²) in [5, 5.41) is 3.08. The molecule has 0 saturated carbocycles. The average Bonchev–Trinajstić information content (AvgIpc) is 1.98. The molecule has 0 aliphatic carbocycles. The normalized spacial score (nSPS) is 9.00. The van der Waals surface area contributed by atoms with E-state index in [4.69, 9.17) is 0 Å². The van der Waals surface area contributed by atoms with Crippen molar-refractivity contribution < 1.29 is 4.58 Å². The van der Waals surface area contributed by atoms with Crippen molar-refractivity contribution in [2.45, 2.75) is 13.8 Å². The van der Waals surface area contributed by atoms with Crippen LogP contribution in [0.15, 0.2) is 24.0 Å². The van der Waals surface area contributed by atoms with Gasteiger partial charge in [-0.25, -0.2) is 0 Å². The molecule has 1 N–H and O–H groups in total. The van der Waals surface area contributed by atoms with Gasteiger partial charge < -0.3 is 5.32 Å². The summed E-state index contributed by atoms with van der Waals surface area (Å²) in [6.07, 6.45) is 1.71. The van der Waals surface area contributed by atoms with Gasteiger partial charge in [0.05, 0.1) is 6.54 Å². The zero-order chi connectivity index (χ0) is 8.85. The lowest BCUT2D eigenvalue weighted by Crippen LogP contribution is -2.17. The van der Waals surface area contributed by atoms with Crippen LogP contribution in [-0.2, 0) is 0 Å². The third-order valence-electron chi connectivity index (χ3n) is 1.49. The van der Waals surface area contributed by atoms with E-state index in [9.17, 15) is 0 Å². The first-order valence-electron chi connectivity index (χ1n) is 3.66. The smallest absolute Gasteiger partial charge is 0.198 e. The van der Waals surface area contributed by atoms with E-state index in [1.807, 2.05) is 7.05 Å². The predicted molar refractivity (Wildman–Crippen MR) is 49.9 cm³/mol. The number of nitrogens with one attached hydrogen (secondary N) is 1. The van der Waals surface area contributed by atoms with Crippen LogP contribution in [0.2, 0.25) is 0 Å². The van der Waals surface area contributed by atoms with Gasteiger partial charge in [0.15, 0.2) is 11.9 Å². The summed E-state index contributed by atoms with van der Waals surface area (Å²) in [6, 6.07) is 0. The highest BCUT2D eigenvalue weighted by atomic mass is 15.0. The van der Waals surface area contributed by atoms with E-state index in [1.54, 1.807) is 10.8 Å². The maximum atomic E-state index is 3.81. The van der Waals surface area contributed by atoms with Gasteiger partial charge in [0.1, 0.15) is 6.72 Å². The molecule has 0 spiro atoms. The molecular formula is C9H17N2+. The number of hydrogen-bond acceptors (Lipinski definition) is 1. The zero-order valence-electron chi connectivity index (χ0n) is 7.65. The number of likely N-dealkylation sites (N-methyl/N-ethyl adjacent to an activating group) is 1. The van der Waals surface area contributed by atoms with Gasteiger partial charge in [0, 0.05) is 0 Å². The fourth-order valence-electron chi connectivity index (χ4n) is 0.843. The van der Waals surface area contributed by atoms with Crippen molar-refractivity contribution in [3.63, 3.8) is 0 Å². The quantitative estimate of drug-likeness (QED) is 0.476. The third-order valence-corrected chi connectivity index (χ3v) is 1.49. The first-order chi connectivity index (χ1) is 5.13. The van der Waals surface area contributed by atoms with Crippen LogP contribution in [0, 0.1) is 0 Å². The lowest BCUT2D eigenvalue weighted by Gasteiger charge is -2.01. The third kappa shape index (κ3) is 3.14. The molecule has 0 unspecified atom stereocenters. The Morgan fingerprint density at radius 1 is 1.55 bits per heavy atom. The molecular weight excluding hydrogens is 136 g/mol. The number of rotatable bonds is 4. The van der Waals surface area contributed by atoms with E-state index in [2.05, 4.69) is 32.5 Å². The Balaban J connectivity index is 4.48. The summed E-state index contributed by atoms with van der Waals surface area (Å²) in [6.45, 7) is 12.4. The highest BCUT2D eigenvalue weighted by Crippen LogP contribution is 2.02. The van der Waals surface area contributed by atoms with Crippen LogP contribution >= 0.6 is 0 Å². The Labute approximate surface area is 68.9 Å². The lowest BCUT2D eigenvalue weighted by molar-refractivity contribution is -0.392. The minimum absolute atomic E-state index is 0.831. The maximum absolute atomic E-state index is 3.81. The topological polar surface area (TPSA) is 15.0 Å². The molecule has 0 aliphatic heterocycles. The van der Waals surface area contributed by atoms with Crippen molar-refractivity contribution >= 4 is 6.72 Å². The molecule has 0 aromatic heterocycles. The van der Waals surface area contributed by atoms with Gasteiger partial charge in [-0.3, -0.25) is 0 Å². The summed E-state index contributed by atoms with van der Waals surface area (Å²) in [5.41, 5.74) is 2.43. The first-order valence-corrected chi connectivity index (χ1v) is 3.66. The van der Waals surface area contributed by atoms with Gasteiger partial charge in [-0.1, -0.05) is 0 Å². The number of allylic oxidation sites excluding steroid dienone is 1. The molecule has 0 amide bonds. The Kier molecular flexibility index (Phi) is 4.46. The molecule has 0 saturated heterocycles. The monoisotopic (exact) mass is 153 g/mol. The molecule has 11 heavy (non-hydrogen) atoms. The predicted octanol–water partition coefficient (Wildman–Crippen LogP) is 1.36. The summed E-state index contributed by atoms with van der Waals surface area (Å²) in [5.74, 6) is 0. The minimum Gasteiger partial charge on any atom is -0.311 e. The number of nitrogens with zero attached hydrogens (tertiary/aromatic N) is 1. The fourth-order valence-corrected chi connectivity index (χ4v) is 0.843. The van der Waals surface area contributed by atoms with Crippen LogP contribution in [0.4, 0.5) is 0 Å². The highest BCUT2D eigenvalue weighted by molar-refractivity contribution is 5.20. The minimum atomic E-state index is 0.831. The van der Waals surface area contributed by atoms with Gasteiger partial charge in [0.2, 0.25) is 0 Å². The molecule has 0 rings (SSSR count). The van der Waals surface area contributed by atoms with E-state index in [0.29, 0.717) is 0 Å². The molecule has 2 heteroatoms. The molecule has 0 atom stereocenters. The van der Waals surface area contributed by atoms with Gasteiger partial charge in [-0.05, 0) is 33.0 Å². The SMILES string of the molecule is C=C[N+](=C)C(CNC)=C(C)C. The van der Waals surface area contributed by atoms with Crippen molar-refractivity contribution in [2.24, 2.45) is 0 Å². The zero-order valence-corrected chi connectivity index (χ0v) is 7.65. The van der Waals surface area contributed by atoms with E-state index in [1.165, 1.54) is 11.3 Å². The van der Waals surface area contributed by atoms with E-state index in [0.717, 1.165) is 6.54 Å². The Morgan fingerprint density at radius 2 is 2.09 bits per heavy atom. The van der Waals surface area contributed by atoms with Crippen LogP contribution in [-0.4, -0.2) is 24.9 Å². The van der Waals surface area contributed by atoms with Crippen LogP contribution in [0.25, 0.3) is 0 Å². The Hall–Kier alpha value is -0.890. The molecule has 0 aromatic carbocycles. The Morgan fingerprint density at radius 3 is 2.36 bits per heavy atom. The van der Waals surface area contributed by atoms with Crippen LogP contribution < -0.4 is 5.32 Å². The van der Waals surface area contributed by atoms with E-state index < -0.39 is 0 Å². The van der Waals surface area contributed by atoms with Crippen molar-refractivity contribution in [3.05, 3.63) is 24.0 Å². The van der Waals surface area contributed by atoms with Crippen molar-refractivity contribution in [1.82, 2.24) is 5.32 Å². The summed E-state index contributed by atoms with van der Waals surface area (Å²) < 4.78 is 1.78. The fraction of sp³-hybridized carbons (Fsp3) is 0.444. The molecule has 62 valence electrons. The largest absolute Gasteiger partial charge is 0.311 e. The van der Waals surface area contributed by atoms with Gasteiger partial charge in [-0.2, -0.15) is 4.58 Å². The summed E-state index contributed by atoms with van der Waals surface area (Å²) >= 11 is 0. The van der Waals surface area contributed by atoms with Crippen LogP contribution in [0.3, 0.4) is 0 Å². The first kappa shape index (κ1) is 10.1. The number of hydrogen-bond donors (Lipinski definition) is 1. The lowest BCUT2D eigenvalue weighted by atomic mass is 10.2. The summed E-state index contributed by atoms with van der Waals surface area (Å²) in [4.78, 5) is 0. The van der Waals surface area contributed by atoms with Crippen molar-refractivity contribution in [2.75, 3.05) is 13.6 Å².